The summed E-state index contributed by atoms with van der Waals surface area (Å²) in [6.07, 6.45) is 2.42. The minimum absolute atomic E-state index is 0.184. The number of halogens is 1. The van der Waals surface area contributed by atoms with Gasteiger partial charge >= 0.3 is 0 Å². The van der Waals surface area contributed by atoms with Crippen LogP contribution >= 0.6 is 0 Å². The predicted octanol–water partition coefficient (Wildman–Crippen LogP) is 3.47. The molecule has 2 heterocycles. The van der Waals surface area contributed by atoms with Crippen LogP contribution in [0.4, 0.5) is 10.1 Å². The highest BCUT2D eigenvalue weighted by Gasteiger charge is 2.21. The Hall–Kier alpha value is -1.95. The molecule has 4 nitrogen and oxygen atoms in total. The molecule has 1 N–H and O–H groups in total. The summed E-state index contributed by atoms with van der Waals surface area (Å²) in [7, 11) is 0. The zero-order chi connectivity index (χ0) is 18.5. The first kappa shape index (κ1) is 18.4. The third-order valence-corrected chi connectivity index (χ3v) is 5.40. The summed E-state index contributed by atoms with van der Waals surface area (Å²) in [5.41, 5.74) is 3.41. The third kappa shape index (κ3) is 4.86. The number of benzene rings is 2. The average Bonchev–Trinajstić information content (AvgIpc) is 2.74. The van der Waals surface area contributed by atoms with Gasteiger partial charge in [0.1, 0.15) is 5.82 Å². The fourth-order valence-corrected chi connectivity index (χ4v) is 3.82. The van der Waals surface area contributed by atoms with E-state index in [0.29, 0.717) is 25.9 Å². The van der Waals surface area contributed by atoms with Gasteiger partial charge in [-0.3, -0.25) is 0 Å². The van der Waals surface area contributed by atoms with Crippen LogP contribution in [0.5, 0.6) is 0 Å². The van der Waals surface area contributed by atoms with Gasteiger partial charge in [0, 0.05) is 31.4 Å². The second-order valence-corrected chi connectivity index (χ2v) is 7.29. The van der Waals surface area contributed by atoms with Crippen molar-refractivity contribution in [2.24, 2.45) is 0 Å². The Balaban J connectivity index is 1.31. The molecule has 0 spiro atoms. The minimum Gasteiger partial charge on any atom is -0.376 e. The lowest BCUT2D eigenvalue weighted by Gasteiger charge is -2.35. The van der Waals surface area contributed by atoms with E-state index in [1.54, 1.807) is 0 Å². The maximum Gasteiger partial charge on any atom is 0.123 e. The molecular weight excluding hydrogens is 343 g/mol. The normalized spacial score (nSPS) is 21.4. The Bertz CT molecular complexity index is 723. The quantitative estimate of drug-likeness (QED) is 0.874. The molecule has 4 rings (SSSR count). The van der Waals surface area contributed by atoms with Gasteiger partial charge in [-0.05, 0) is 48.2 Å². The summed E-state index contributed by atoms with van der Waals surface area (Å²) in [4.78, 5) is 2.44. The van der Waals surface area contributed by atoms with Crippen molar-refractivity contribution in [3.05, 3.63) is 54.3 Å². The molecule has 0 aromatic heterocycles. The van der Waals surface area contributed by atoms with E-state index >= 15 is 0 Å². The van der Waals surface area contributed by atoms with Gasteiger partial charge in [0.25, 0.3) is 0 Å². The Kier molecular flexibility index (Phi) is 6.02. The summed E-state index contributed by atoms with van der Waals surface area (Å²) in [6, 6.07) is 15.8. The Labute approximate surface area is 160 Å². The SMILES string of the molecule is Fc1ccc(-c2cccc(N3CCC(NCC4COCCO4)CC3)c2)cc1. The second kappa shape index (κ2) is 8.83. The van der Waals surface area contributed by atoms with E-state index in [0.717, 1.165) is 43.6 Å². The number of nitrogens with zero attached hydrogens (tertiary/aromatic N) is 1. The van der Waals surface area contributed by atoms with Crippen LogP contribution in [-0.4, -0.2) is 51.6 Å². The molecule has 27 heavy (non-hydrogen) atoms. The van der Waals surface area contributed by atoms with Crippen molar-refractivity contribution < 1.29 is 13.9 Å². The number of hydrogen-bond acceptors (Lipinski definition) is 4. The smallest absolute Gasteiger partial charge is 0.123 e. The van der Waals surface area contributed by atoms with Crippen LogP contribution in [0.15, 0.2) is 48.5 Å². The molecule has 2 aliphatic heterocycles. The van der Waals surface area contributed by atoms with Crippen LogP contribution in [0.2, 0.25) is 0 Å². The molecule has 5 heteroatoms. The molecule has 0 radical (unpaired) electrons. The average molecular weight is 370 g/mol. The van der Waals surface area contributed by atoms with Gasteiger partial charge in [0.15, 0.2) is 0 Å². The molecule has 2 aromatic rings. The van der Waals surface area contributed by atoms with E-state index in [4.69, 9.17) is 9.47 Å². The van der Waals surface area contributed by atoms with E-state index < -0.39 is 0 Å². The maximum absolute atomic E-state index is 13.2. The Morgan fingerprint density at radius 3 is 2.56 bits per heavy atom. The Morgan fingerprint density at radius 2 is 1.81 bits per heavy atom. The van der Waals surface area contributed by atoms with Gasteiger partial charge in [-0.25, -0.2) is 4.39 Å². The minimum atomic E-state index is -0.199. The van der Waals surface area contributed by atoms with Crippen molar-refractivity contribution in [3.8, 4) is 11.1 Å². The number of nitrogens with one attached hydrogen (secondary N) is 1. The van der Waals surface area contributed by atoms with Crippen LogP contribution in [0.25, 0.3) is 11.1 Å². The van der Waals surface area contributed by atoms with E-state index in [9.17, 15) is 4.39 Å². The molecule has 2 saturated heterocycles. The van der Waals surface area contributed by atoms with E-state index in [-0.39, 0.29) is 11.9 Å². The number of ether oxygens (including phenoxy) is 2. The van der Waals surface area contributed by atoms with Crippen LogP contribution < -0.4 is 10.2 Å². The van der Waals surface area contributed by atoms with Gasteiger partial charge in [-0.2, -0.15) is 0 Å². The van der Waals surface area contributed by atoms with E-state index in [1.165, 1.54) is 17.8 Å². The lowest BCUT2D eigenvalue weighted by atomic mass is 10.0. The van der Waals surface area contributed by atoms with Crippen molar-refractivity contribution in [2.75, 3.05) is 44.4 Å². The van der Waals surface area contributed by atoms with Gasteiger partial charge in [0.05, 0.1) is 25.9 Å². The molecule has 0 bridgehead atoms. The van der Waals surface area contributed by atoms with Crippen molar-refractivity contribution >= 4 is 5.69 Å². The first-order valence-corrected chi connectivity index (χ1v) is 9.81. The highest BCUT2D eigenvalue weighted by molar-refractivity contribution is 5.68. The topological polar surface area (TPSA) is 33.7 Å². The monoisotopic (exact) mass is 370 g/mol. The summed E-state index contributed by atoms with van der Waals surface area (Å²) in [5, 5.41) is 3.64. The van der Waals surface area contributed by atoms with Crippen LogP contribution in [0.3, 0.4) is 0 Å². The summed E-state index contributed by atoms with van der Waals surface area (Å²) >= 11 is 0. The maximum atomic E-state index is 13.2. The highest BCUT2D eigenvalue weighted by atomic mass is 19.1. The molecule has 0 saturated carbocycles. The lowest BCUT2D eigenvalue weighted by Crippen LogP contribution is -2.46. The van der Waals surface area contributed by atoms with E-state index in [1.807, 2.05) is 12.1 Å². The second-order valence-electron chi connectivity index (χ2n) is 7.29. The first-order chi connectivity index (χ1) is 13.3. The van der Waals surface area contributed by atoms with Crippen LogP contribution in [-0.2, 0) is 9.47 Å². The van der Waals surface area contributed by atoms with Gasteiger partial charge in [0.2, 0.25) is 0 Å². The van der Waals surface area contributed by atoms with Crippen molar-refractivity contribution in [2.45, 2.75) is 25.0 Å². The molecule has 2 aromatic carbocycles. The van der Waals surface area contributed by atoms with Gasteiger partial charge < -0.3 is 19.7 Å². The summed E-state index contributed by atoms with van der Waals surface area (Å²) in [6.45, 7) is 5.05. The number of piperidine rings is 1. The van der Waals surface area contributed by atoms with Crippen molar-refractivity contribution in [1.82, 2.24) is 5.32 Å². The van der Waals surface area contributed by atoms with Crippen molar-refractivity contribution in [1.29, 1.82) is 0 Å². The molecule has 0 aliphatic carbocycles. The fraction of sp³-hybridized carbons (Fsp3) is 0.455. The van der Waals surface area contributed by atoms with Gasteiger partial charge in [-0.1, -0.05) is 24.3 Å². The third-order valence-electron chi connectivity index (χ3n) is 5.40. The molecule has 1 atom stereocenters. The largest absolute Gasteiger partial charge is 0.376 e. The van der Waals surface area contributed by atoms with Crippen molar-refractivity contribution in [3.63, 3.8) is 0 Å². The highest BCUT2D eigenvalue weighted by Crippen LogP contribution is 2.27. The predicted molar refractivity (Wildman–Crippen MR) is 106 cm³/mol. The molecule has 1 unspecified atom stereocenters. The zero-order valence-corrected chi connectivity index (χ0v) is 15.6. The fourth-order valence-electron chi connectivity index (χ4n) is 3.82. The molecule has 2 aliphatic rings. The molecule has 2 fully saturated rings. The molecule has 0 amide bonds. The summed E-state index contributed by atoms with van der Waals surface area (Å²) in [5.74, 6) is -0.199. The Morgan fingerprint density at radius 1 is 1.00 bits per heavy atom. The van der Waals surface area contributed by atoms with Gasteiger partial charge in [-0.15, -0.1) is 0 Å². The van der Waals surface area contributed by atoms with E-state index in [2.05, 4.69) is 34.5 Å². The van der Waals surface area contributed by atoms with Crippen LogP contribution in [0, 0.1) is 5.82 Å². The first-order valence-electron chi connectivity index (χ1n) is 9.81. The zero-order valence-electron chi connectivity index (χ0n) is 15.6. The standard InChI is InChI=1S/C22H27FN2O2/c23-19-6-4-17(5-7-19)18-2-1-3-21(14-18)25-10-8-20(9-11-25)24-15-22-16-26-12-13-27-22/h1-7,14,20,22,24H,8-13,15-16H2. The van der Waals surface area contributed by atoms with Crippen LogP contribution in [0.1, 0.15) is 12.8 Å². The molecule has 144 valence electrons. The summed E-state index contributed by atoms with van der Waals surface area (Å²) < 4.78 is 24.3. The number of anilines is 1. The number of hydrogen-bond donors (Lipinski definition) is 1. The number of rotatable bonds is 5. The lowest BCUT2D eigenvalue weighted by molar-refractivity contribution is -0.0872. The molecular formula is C22H27FN2O2.